The van der Waals surface area contributed by atoms with Gasteiger partial charge in [0.25, 0.3) is 0 Å². The van der Waals surface area contributed by atoms with Crippen LogP contribution >= 0.6 is 0 Å². The molecule has 1 saturated heterocycles. The van der Waals surface area contributed by atoms with Crippen LogP contribution in [0.4, 0.5) is 0 Å². The number of rotatable bonds is 10. The number of hydrogen-bond donors (Lipinski definition) is 1. The first-order valence-corrected chi connectivity index (χ1v) is 9.43. The van der Waals surface area contributed by atoms with Crippen LogP contribution in [-0.4, -0.2) is 44.8 Å². The molecule has 0 aliphatic carbocycles. The molecular weight excluding hydrogens is 314 g/mol. The largest absolute Gasteiger partial charge is 0.493 e. The van der Waals surface area contributed by atoms with Gasteiger partial charge in [0.2, 0.25) is 0 Å². The van der Waals surface area contributed by atoms with Crippen molar-refractivity contribution in [3.63, 3.8) is 0 Å². The fourth-order valence-electron chi connectivity index (χ4n) is 3.11. The SMILES string of the molecule is COc1ccc(CNCCN2CCCCCC2)cc1OCCCC#N. The zero-order chi connectivity index (χ0) is 17.7. The summed E-state index contributed by atoms with van der Waals surface area (Å²) in [6, 6.07) is 8.19. The third-order valence-electron chi connectivity index (χ3n) is 4.55. The highest BCUT2D eigenvalue weighted by Gasteiger charge is 2.09. The number of hydrogen-bond acceptors (Lipinski definition) is 5. The molecule has 2 rings (SSSR count). The van der Waals surface area contributed by atoms with E-state index in [1.165, 1.54) is 44.3 Å². The molecule has 0 unspecified atom stereocenters. The molecule has 0 radical (unpaired) electrons. The highest BCUT2D eigenvalue weighted by molar-refractivity contribution is 5.42. The van der Waals surface area contributed by atoms with E-state index in [2.05, 4.69) is 22.4 Å². The van der Waals surface area contributed by atoms with Gasteiger partial charge in [-0.3, -0.25) is 0 Å². The van der Waals surface area contributed by atoms with Crippen LogP contribution in [0.2, 0.25) is 0 Å². The minimum atomic E-state index is 0.514. The van der Waals surface area contributed by atoms with E-state index in [0.717, 1.165) is 37.6 Å². The molecule has 0 amide bonds. The zero-order valence-electron chi connectivity index (χ0n) is 15.4. The predicted molar refractivity (Wildman–Crippen MR) is 100.0 cm³/mol. The second-order valence-electron chi connectivity index (χ2n) is 6.53. The maximum Gasteiger partial charge on any atom is 0.161 e. The fraction of sp³-hybridized carbons (Fsp3) is 0.650. The van der Waals surface area contributed by atoms with Gasteiger partial charge in [0.1, 0.15) is 0 Å². The molecule has 138 valence electrons. The lowest BCUT2D eigenvalue weighted by atomic mass is 10.2. The van der Waals surface area contributed by atoms with Gasteiger partial charge in [-0.2, -0.15) is 5.26 Å². The molecule has 1 aromatic carbocycles. The smallest absolute Gasteiger partial charge is 0.161 e. The summed E-state index contributed by atoms with van der Waals surface area (Å²) in [6.07, 6.45) is 6.69. The molecule has 0 aromatic heterocycles. The minimum Gasteiger partial charge on any atom is -0.493 e. The van der Waals surface area contributed by atoms with Gasteiger partial charge in [-0.15, -0.1) is 0 Å². The Morgan fingerprint density at radius 3 is 2.68 bits per heavy atom. The van der Waals surface area contributed by atoms with Crippen molar-refractivity contribution in [2.75, 3.05) is 39.9 Å². The molecule has 25 heavy (non-hydrogen) atoms. The quantitative estimate of drug-likeness (QED) is 0.659. The lowest BCUT2D eigenvalue weighted by Crippen LogP contribution is -2.32. The van der Waals surface area contributed by atoms with E-state index >= 15 is 0 Å². The summed E-state index contributed by atoms with van der Waals surface area (Å²) in [5.74, 6) is 1.50. The number of unbranched alkanes of at least 4 members (excludes halogenated alkanes) is 1. The molecule has 0 spiro atoms. The van der Waals surface area contributed by atoms with Gasteiger partial charge in [0.15, 0.2) is 11.5 Å². The summed E-state index contributed by atoms with van der Waals surface area (Å²) >= 11 is 0. The van der Waals surface area contributed by atoms with Gasteiger partial charge in [-0.05, 0) is 50.0 Å². The first kappa shape index (κ1) is 19.6. The van der Waals surface area contributed by atoms with Gasteiger partial charge in [0.05, 0.1) is 19.8 Å². The van der Waals surface area contributed by atoms with Crippen molar-refractivity contribution in [3.05, 3.63) is 23.8 Å². The summed E-state index contributed by atoms with van der Waals surface area (Å²) in [7, 11) is 1.65. The summed E-state index contributed by atoms with van der Waals surface area (Å²) < 4.78 is 11.1. The van der Waals surface area contributed by atoms with E-state index in [1.807, 2.05) is 12.1 Å². The third kappa shape index (κ3) is 7.33. The molecule has 1 fully saturated rings. The van der Waals surface area contributed by atoms with Gasteiger partial charge < -0.3 is 19.7 Å². The van der Waals surface area contributed by atoms with Crippen LogP contribution in [-0.2, 0) is 6.54 Å². The first-order valence-electron chi connectivity index (χ1n) is 9.43. The Hall–Kier alpha value is -1.77. The van der Waals surface area contributed by atoms with Crippen LogP contribution in [0.15, 0.2) is 18.2 Å². The average molecular weight is 345 g/mol. The van der Waals surface area contributed by atoms with Crippen LogP contribution in [0.1, 0.15) is 44.1 Å². The number of benzene rings is 1. The minimum absolute atomic E-state index is 0.514. The standard InChI is InChI=1S/C20H31N3O2/c1-24-19-9-8-18(16-20(19)25-15-7-4-10-21)17-22-11-14-23-12-5-2-3-6-13-23/h8-9,16,22H,2-7,11-15,17H2,1H3. The van der Waals surface area contributed by atoms with E-state index < -0.39 is 0 Å². The van der Waals surface area contributed by atoms with Crippen LogP contribution < -0.4 is 14.8 Å². The third-order valence-corrected chi connectivity index (χ3v) is 4.55. The number of methoxy groups -OCH3 is 1. The van der Waals surface area contributed by atoms with Crippen LogP contribution in [0, 0.1) is 11.3 Å². The summed E-state index contributed by atoms with van der Waals surface area (Å²) in [5, 5.41) is 12.1. The van der Waals surface area contributed by atoms with Gasteiger partial charge in [-0.25, -0.2) is 0 Å². The maximum atomic E-state index is 8.60. The topological polar surface area (TPSA) is 57.5 Å². The van der Waals surface area contributed by atoms with Crippen molar-refractivity contribution in [3.8, 4) is 17.6 Å². The molecular formula is C20H31N3O2. The van der Waals surface area contributed by atoms with Crippen molar-refractivity contribution in [2.45, 2.75) is 45.1 Å². The molecule has 0 atom stereocenters. The van der Waals surface area contributed by atoms with Crippen molar-refractivity contribution in [1.29, 1.82) is 5.26 Å². The van der Waals surface area contributed by atoms with Gasteiger partial charge in [-0.1, -0.05) is 18.9 Å². The molecule has 0 bridgehead atoms. The first-order chi connectivity index (χ1) is 12.3. The van der Waals surface area contributed by atoms with Crippen molar-refractivity contribution >= 4 is 0 Å². The van der Waals surface area contributed by atoms with E-state index in [-0.39, 0.29) is 0 Å². The highest BCUT2D eigenvalue weighted by atomic mass is 16.5. The van der Waals surface area contributed by atoms with Crippen molar-refractivity contribution in [2.24, 2.45) is 0 Å². The predicted octanol–water partition coefficient (Wildman–Crippen LogP) is 3.34. The number of nitrogens with zero attached hydrogens (tertiary/aromatic N) is 2. The second kappa shape index (κ2) is 11.7. The second-order valence-corrected chi connectivity index (χ2v) is 6.53. The Kier molecular flexibility index (Phi) is 9.17. The summed E-state index contributed by atoms with van der Waals surface area (Å²) in [5.41, 5.74) is 1.19. The van der Waals surface area contributed by atoms with E-state index in [4.69, 9.17) is 14.7 Å². The molecule has 1 N–H and O–H groups in total. The molecule has 1 heterocycles. The average Bonchev–Trinajstić information content (AvgIpc) is 2.91. The van der Waals surface area contributed by atoms with E-state index in [9.17, 15) is 0 Å². The summed E-state index contributed by atoms with van der Waals surface area (Å²) in [4.78, 5) is 2.57. The lowest BCUT2D eigenvalue weighted by Gasteiger charge is -2.20. The zero-order valence-corrected chi connectivity index (χ0v) is 15.4. The molecule has 1 aromatic rings. The normalized spacial score (nSPS) is 15.4. The number of nitrogens with one attached hydrogen (secondary N) is 1. The number of likely N-dealkylation sites (tertiary alicyclic amines) is 1. The van der Waals surface area contributed by atoms with Crippen LogP contribution in [0.25, 0.3) is 0 Å². The number of ether oxygens (including phenoxy) is 2. The van der Waals surface area contributed by atoms with Gasteiger partial charge >= 0.3 is 0 Å². The Bertz CT molecular complexity index is 534. The monoisotopic (exact) mass is 345 g/mol. The van der Waals surface area contributed by atoms with Crippen molar-refractivity contribution in [1.82, 2.24) is 10.2 Å². The Labute approximate surface area is 151 Å². The fourth-order valence-corrected chi connectivity index (χ4v) is 3.11. The van der Waals surface area contributed by atoms with Gasteiger partial charge in [0, 0.05) is 26.1 Å². The molecule has 0 saturated carbocycles. The lowest BCUT2D eigenvalue weighted by molar-refractivity contribution is 0.283. The maximum absolute atomic E-state index is 8.60. The number of nitriles is 1. The highest BCUT2D eigenvalue weighted by Crippen LogP contribution is 2.28. The van der Waals surface area contributed by atoms with Crippen molar-refractivity contribution < 1.29 is 9.47 Å². The molecule has 5 heteroatoms. The molecule has 5 nitrogen and oxygen atoms in total. The molecule has 1 aliphatic heterocycles. The summed E-state index contributed by atoms with van der Waals surface area (Å²) in [6.45, 7) is 5.97. The van der Waals surface area contributed by atoms with E-state index in [1.54, 1.807) is 7.11 Å². The van der Waals surface area contributed by atoms with Crippen LogP contribution in [0.5, 0.6) is 11.5 Å². The van der Waals surface area contributed by atoms with Crippen LogP contribution in [0.3, 0.4) is 0 Å². The Morgan fingerprint density at radius 1 is 1.16 bits per heavy atom. The Balaban J connectivity index is 1.75. The molecule has 1 aliphatic rings. The Morgan fingerprint density at radius 2 is 1.96 bits per heavy atom. The van der Waals surface area contributed by atoms with E-state index in [0.29, 0.717) is 13.0 Å².